The van der Waals surface area contributed by atoms with Crippen LogP contribution in [0.2, 0.25) is 5.02 Å². The van der Waals surface area contributed by atoms with Crippen molar-refractivity contribution in [2.45, 2.75) is 31.6 Å². The van der Waals surface area contributed by atoms with Gasteiger partial charge in [-0.3, -0.25) is 19.7 Å². The number of thioether (sulfide) groups is 1. The van der Waals surface area contributed by atoms with Gasteiger partial charge in [-0.1, -0.05) is 35.5 Å². The summed E-state index contributed by atoms with van der Waals surface area (Å²) in [6.07, 6.45) is 0. The quantitative estimate of drug-likeness (QED) is 0.252. The molecule has 1 aromatic heterocycles. The number of nitro groups is 1. The van der Waals surface area contributed by atoms with Crippen molar-refractivity contribution in [3.63, 3.8) is 0 Å². The highest BCUT2D eigenvalue weighted by Gasteiger charge is 2.21. The molecule has 0 aliphatic rings. The molecule has 3 aromatic rings. The van der Waals surface area contributed by atoms with Crippen LogP contribution in [-0.2, 0) is 11.3 Å². The fraction of sp³-hybridized carbons (Fsp3) is 0.238. The van der Waals surface area contributed by atoms with E-state index in [1.54, 1.807) is 17.6 Å². The van der Waals surface area contributed by atoms with Crippen LogP contribution in [0.3, 0.4) is 0 Å². The number of benzene rings is 2. The lowest BCUT2D eigenvalue weighted by atomic mass is 10.2. The fourth-order valence-corrected chi connectivity index (χ4v) is 4.02. The zero-order chi connectivity index (χ0) is 24.8. The van der Waals surface area contributed by atoms with E-state index < -0.39 is 28.6 Å². The van der Waals surface area contributed by atoms with Crippen molar-refractivity contribution >= 4 is 46.6 Å². The van der Waals surface area contributed by atoms with Crippen LogP contribution in [0, 0.1) is 15.9 Å². The summed E-state index contributed by atoms with van der Waals surface area (Å²) in [5.74, 6) is -1.28. The minimum Gasteiger partial charge on any atom is -0.342 e. The maximum Gasteiger partial charge on any atom is 0.271 e. The van der Waals surface area contributed by atoms with Crippen molar-refractivity contribution in [3.8, 4) is 0 Å². The molecule has 0 aliphatic carbocycles. The van der Waals surface area contributed by atoms with Crippen LogP contribution in [0.15, 0.2) is 47.6 Å². The smallest absolute Gasteiger partial charge is 0.271 e. The highest BCUT2D eigenvalue weighted by atomic mass is 35.5. The third-order valence-corrected chi connectivity index (χ3v) is 5.98. The molecule has 0 saturated heterocycles. The van der Waals surface area contributed by atoms with E-state index in [1.807, 2.05) is 6.92 Å². The highest BCUT2D eigenvalue weighted by Crippen LogP contribution is 2.27. The Balaban J connectivity index is 1.66. The second-order valence-corrected chi connectivity index (χ2v) is 8.37. The van der Waals surface area contributed by atoms with E-state index in [1.165, 1.54) is 36.4 Å². The minimum absolute atomic E-state index is 0.0624. The largest absolute Gasteiger partial charge is 0.342 e. The number of carbonyl (C=O) groups is 2. The van der Waals surface area contributed by atoms with Crippen LogP contribution in [0.1, 0.15) is 36.1 Å². The molecule has 2 amide bonds. The Bertz CT molecular complexity index is 1240. The Kier molecular flexibility index (Phi) is 8.18. The maximum absolute atomic E-state index is 13.9. The second kappa shape index (κ2) is 11.1. The van der Waals surface area contributed by atoms with Crippen LogP contribution >= 0.6 is 23.4 Å². The van der Waals surface area contributed by atoms with E-state index in [0.29, 0.717) is 17.5 Å². The summed E-state index contributed by atoms with van der Waals surface area (Å²) in [5, 5.41) is 25.0. The number of anilines is 1. The van der Waals surface area contributed by atoms with E-state index >= 15 is 0 Å². The van der Waals surface area contributed by atoms with Crippen LogP contribution in [-0.4, -0.2) is 37.3 Å². The Morgan fingerprint density at radius 1 is 1.26 bits per heavy atom. The number of halogens is 2. The Labute approximate surface area is 203 Å². The molecule has 178 valence electrons. The van der Waals surface area contributed by atoms with Gasteiger partial charge in [0.15, 0.2) is 11.0 Å². The van der Waals surface area contributed by atoms with Gasteiger partial charge in [-0.2, -0.15) is 0 Å². The van der Waals surface area contributed by atoms with E-state index in [9.17, 15) is 24.1 Å². The van der Waals surface area contributed by atoms with Gasteiger partial charge in [0.05, 0.1) is 33.0 Å². The van der Waals surface area contributed by atoms with Gasteiger partial charge in [0.25, 0.3) is 11.6 Å². The van der Waals surface area contributed by atoms with Crippen LogP contribution < -0.4 is 10.6 Å². The minimum atomic E-state index is -0.629. The first-order valence-electron chi connectivity index (χ1n) is 10.1. The lowest BCUT2D eigenvalue weighted by Crippen LogP contribution is -2.29. The summed E-state index contributed by atoms with van der Waals surface area (Å²) >= 11 is 7.11. The second-order valence-electron chi connectivity index (χ2n) is 7.02. The van der Waals surface area contributed by atoms with Crippen molar-refractivity contribution in [1.82, 2.24) is 20.1 Å². The van der Waals surface area contributed by atoms with Gasteiger partial charge in [0.2, 0.25) is 5.91 Å². The summed E-state index contributed by atoms with van der Waals surface area (Å²) in [5.41, 5.74) is -0.152. The first kappa shape index (κ1) is 25.1. The molecule has 1 heterocycles. The fourth-order valence-electron chi connectivity index (χ4n) is 3.05. The van der Waals surface area contributed by atoms with Crippen molar-refractivity contribution in [3.05, 3.63) is 74.8 Å². The van der Waals surface area contributed by atoms with Crippen molar-refractivity contribution in [1.29, 1.82) is 0 Å². The molecule has 3 rings (SSSR count). The van der Waals surface area contributed by atoms with E-state index in [4.69, 9.17) is 11.6 Å². The lowest BCUT2D eigenvalue weighted by Gasteiger charge is -2.15. The molecule has 1 unspecified atom stereocenters. The third kappa shape index (κ3) is 5.88. The van der Waals surface area contributed by atoms with Crippen LogP contribution in [0.4, 0.5) is 15.8 Å². The molecular formula is C21H20ClFN6O4S. The average molecular weight is 507 g/mol. The molecular weight excluding hydrogens is 487 g/mol. The molecule has 10 nitrogen and oxygen atoms in total. The predicted octanol–water partition coefficient (Wildman–Crippen LogP) is 4.22. The number of non-ortho nitro benzene ring substituents is 1. The summed E-state index contributed by atoms with van der Waals surface area (Å²) in [4.78, 5) is 35.2. The van der Waals surface area contributed by atoms with Gasteiger partial charge >= 0.3 is 0 Å². The molecule has 0 spiro atoms. The SMILES string of the molecule is CCn1c(SCC(=O)Nc2cc([N+](=O)[O-])ccc2Cl)nnc1C(C)NC(=O)c1ccccc1F. The zero-order valence-electron chi connectivity index (χ0n) is 18.1. The first-order valence-corrected chi connectivity index (χ1v) is 11.4. The Morgan fingerprint density at radius 3 is 2.68 bits per heavy atom. The van der Waals surface area contributed by atoms with Crippen LogP contribution in [0.25, 0.3) is 0 Å². The highest BCUT2D eigenvalue weighted by molar-refractivity contribution is 7.99. The van der Waals surface area contributed by atoms with Gasteiger partial charge in [0, 0.05) is 18.7 Å². The van der Waals surface area contributed by atoms with E-state index in [0.717, 1.165) is 11.8 Å². The number of nitro benzene ring substituents is 1. The summed E-state index contributed by atoms with van der Waals surface area (Å²) in [7, 11) is 0. The van der Waals surface area contributed by atoms with Gasteiger partial charge in [0.1, 0.15) is 5.82 Å². The van der Waals surface area contributed by atoms with Gasteiger partial charge in [-0.25, -0.2) is 4.39 Å². The standard InChI is InChI=1S/C21H20ClFN6O4S/c1-3-28-19(12(2)24-20(31)14-6-4-5-7-16(14)23)26-27-21(28)34-11-18(30)25-17-10-13(29(32)33)8-9-15(17)22/h4-10,12H,3,11H2,1-2H3,(H,24,31)(H,25,30). The molecule has 0 bridgehead atoms. The number of aromatic nitrogens is 3. The molecule has 13 heteroatoms. The van der Waals surface area contributed by atoms with Gasteiger partial charge in [-0.15, -0.1) is 10.2 Å². The number of nitrogens with zero attached hydrogens (tertiary/aromatic N) is 4. The number of hydrogen-bond acceptors (Lipinski definition) is 7. The van der Waals surface area contributed by atoms with Crippen molar-refractivity contribution < 1.29 is 18.9 Å². The average Bonchev–Trinajstić information content (AvgIpc) is 3.22. The van der Waals surface area contributed by atoms with Crippen molar-refractivity contribution in [2.75, 3.05) is 11.1 Å². The number of rotatable bonds is 9. The van der Waals surface area contributed by atoms with Gasteiger partial charge in [-0.05, 0) is 32.0 Å². The predicted molar refractivity (Wildman–Crippen MR) is 125 cm³/mol. The molecule has 1 atom stereocenters. The molecule has 0 saturated carbocycles. The Hall–Kier alpha value is -3.51. The zero-order valence-corrected chi connectivity index (χ0v) is 19.7. The molecule has 34 heavy (non-hydrogen) atoms. The number of carbonyl (C=O) groups excluding carboxylic acids is 2. The molecule has 2 N–H and O–H groups in total. The Morgan fingerprint density at radius 2 is 2.00 bits per heavy atom. The monoisotopic (exact) mass is 506 g/mol. The number of hydrogen-bond donors (Lipinski definition) is 2. The maximum atomic E-state index is 13.9. The first-order chi connectivity index (χ1) is 16.2. The number of amides is 2. The summed E-state index contributed by atoms with van der Waals surface area (Å²) < 4.78 is 15.6. The van der Waals surface area contributed by atoms with Crippen molar-refractivity contribution in [2.24, 2.45) is 0 Å². The summed E-state index contributed by atoms with van der Waals surface area (Å²) in [6, 6.07) is 8.82. The molecule has 0 fully saturated rings. The topological polar surface area (TPSA) is 132 Å². The summed E-state index contributed by atoms with van der Waals surface area (Å²) in [6.45, 7) is 4.01. The molecule has 0 aliphatic heterocycles. The number of nitrogens with one attached hydrogen (secondary N) is 2. The van der Waals surface area contributed by atoms with E-state index in [-0.39, 0.29) is 27.7 Å². The lowest BCUT2D eigenvalue weighted by molar-refractivity contribution is -0.384. The normalized spacial score (nSPS) is 11.6. The van der Waals surface area contributed by atoms with E-state index in [2.05, 4.69) is 20.8 Å². The van der Waals surface area contributed by atoms with Crippen LogP contribution in [0.5, 0.6) is 0 Å². The molecule has 2 aromatic carbocycles. The third-order valence-electron chi connectivity index (χ3n) is 4.68. The van der Waals surface area contributed by atoms with Gasteiger partial charge < -0.3 is 15.2 Å². The molecule has 0 radical (unpaired) electrons.